The number of esters is 3. The number of rotatable bonds is 53. The lowest BCUT2D eigenvalue weighted by atomic mass is 10.0. The SMILES string of the molecule is CCCCCCCCCCCCCCCCCCCCCCCCCCCC(=O)OCC(COC(=O)CCCCCCCCCCC)OC(=O)CCCCCCCCCCCCC. The second-order valence-corrected chi connectivity index (χ2v) is 19.6. The van der Waals surface area contributed by atoms with E-state index in [1.165, 1.54) is 231 Å². The summed E-state index contributed by atoms with van der Waals surface area (Å²) in [7, 11) is 0. The van der Waals surface area contributed by atoms with E-state index in [-0.39, 0.29) is 31.1 Å². The molecule has 0 aliphatic rings. The molecule has 0 fully saturated rings. The Balaban J connectivity index is 4.05. The van der Waals surface area contributed by atoms with E-state index in [0.717, 1.165) is 57.8 Å². The fraction of sp³-hybridized carbons (Fsp3) is 0.947. The molecule has 6 nitrogen and oxygen atoms in total. The van der Waals surface area contributed by atoms with Crippen LogP contribution >= 0.6 is 0 Å². The summed E-state index contributed by atoms with van der Waals surface area (Å²) in [5.41, 5.74) is 0. The largest absolute Gasteiger partial charge is 0.462 e. The third-order valence-corrected chi connectivity index (χ3v) is 13.1. The van der Waals surface area contributed by atoms with Gasteiger partial charge < -0.3 is 14.2 Å². The van der Waals surface area contributed by atoms with Gasteiger partial charge in [-0.15, -0.1) is 0 Å². The van der Waals surface area contributed by atoms with Gasteiger partial charge in [0, 0.05) is 19.3 Å². The minimum Gasteiger partial charge on any atom is -0.462 e. The van der Waals surface area contributed by atoms with Crippen molar-refractivity contribution in [1.29, 1.82) is 0 Å². The highest BCUT2D eigenvalue weighted by molar-refractivity contribution is 5.71. The van der Waals surface area contributed by atoms with E-state index in [2.05, 4.69) is 20.8 Å². The summed E-state index contributed by atoms with van der Waals surface area (Å²) in [4.78, 5) is 37.9. The van der Waals surface area contributed by atoms with E-state index in [4.69, 9.17) is 14.2 Å². The molecule has 0 saturated carbocycles. The summed E-state index contributed by atoms with van der Waals surface area (Å²) in [6.45, 7) is 6.67. The highest BCUT2D eigenvalue weighted by atomic mass is 16.6. The molecule has 0 aliphatic carbocycles. The lowest BCUT2D eigenvalue weighted by Crippen LogP contribution is -2.30. The third-order valence-electron chi connectivity index (χ3n) is 13.1. The van der Waals surface area contributed by atoms with Crippen LogP contribution in [0.15, 0.2) is 0 Å². The Kier molecular flexibility index (Phi) is 51.7. The zero-order valence-corrected chi connectivity index (χ0v) is 42.9. The van der Waals surface area contributed by atoms with Crippen molar-refractivity contribution >= 4 is 17.9 Å². The van der Waals surface area contributed by atoms with E-state index in [9.17, 15) is 14.4 Å². The lowest BCUT2D eigenvalue weighted by Gasteiger charge is -2.18. The van der Waals surface area contributed by atoms with Gasteiger partial charge in [0.2, 0.25) is 0 Å². The lowest BCUT2D eigenvalue weighted by molar-refractivity contribution is -0.167. The van der Waals surface area contributed by atoms with Gasteiger partial charge in [0.15, 0.2) is 6.10 Å². The van der Waals surface area contributed by atoms with Crippen molar-refractivity contribution in [3.8, 4) is 0 Å². The summed E-state index contributed by atoms with van der Waals surface area (Å²) in [6.07, 6.45) is 58.3. The van der Waals surface area contributed by atoms with Crippen LogP contribution in [-0.2, 0) is 28.6 Å². The zero-order valence-electron chi connectivity index (χ0n) is 42.9. The highest BCUT2D eigenvalue weighted by Gasteiger charge is 2.19. The maximum Gasteiger partial charge on any atom is 0.306 e. The van der Waals surface area contributed by atoms with Gasteiger partial charge >= 0.3 is 17.9 Å². The fourth-order valence-electron chi connectivity index (χ4n) is 8.80. The summed E-state index contributed by atoms with van der Waals surface area (Å²) in [5.74, 6) is -0.843. The zero-order chi connectivity index (χ0) is 45.8. The van der Waals surface area contributed by atoms with Gasteiger partial charge in [0.1, 0.15) is 13.2 Å². The van der Waals surface area contributed by atoms with Crippen molar-refractivity contribution in [3.05, 3.63) is 0 Å². The quantitative estimate of drug-likeness (QED) is 0.0344. The Labute approximate surface area is 393 Å². The number of carbonyl (C=O) groups is 3. The third kappa shape index (κ3) is 51.3. The summed E-state index contributed by atoms with van der Waals surface area (Å²) < 4.78 is 16.8. The summed E-state index contributed by atoms with van der Waals surface area (Å²) in [6, 6.07) is 0. The van der Waals surface area contributed by atoms with Crippen LogP contribution in [0.1, 0.15) is 329 Å². The molecule has 0 N–H and O–H groups in total. The maximum absolute atomic E-state index is 12.7. The molecule has 0 rings (SSSR count). The van der Waals surface area contributed by atoms with Crippen LogP contribution in [-0.4, -0.2) is 37.2 Å². The predicted molar refractivity (Wildman–Crippen MR) is 270 cm³/mol. The predicted octanol–water partition coefficient (Wildman–Crippen LogP) is 18.8. The molecule has 6 heteroatoms. The standard InChI is InChI=1S/C57H110O6/c1-4-7-10-13-16-19-21-22-23-24-25-26-27-28-29-30-31-32-33-34-36-38-41-44-47-50-56(59)62-53-54(52-61-55(58)49-46-43-40-37-18-15-12-9-6-3)63-57(60)51-48-45-42-39-35-20-17-14-11-8-5-2/h54H,4-53H2,1-3H3. The molecule has 0 spiro atoms. The van der Waals surface area contributed by atoms with Crippen LogP contribution in [0.3, 0.4) is 0 Å². The number of ether oxygens (including phenoxy) is 3. The van der Waals surface area contributed by atoms with Crippen molar-refractivity contribution in [2.75, 3.05) is 13.2 Å². The molecule has 63 heavy (non-hydrogen) atoms. The van der Waals surface area contributed by atoms with Crippen molar-refractivity contribution < 1.29 is 28.6 Å². The fourth-order valence-corrected chi connectivity index (χ4v) is 8.80. The molecule has 0 amide bonds. The number of carbonyl (C=O) groups excluding carboxylic acids is 3. The van der Waals surface area contributed by atoms with E-state index in [1.54, 1.807) is 0 Å². The van der Waals surface area contributed by atoms with E-state index < -0.39 is 6.10 Å². The summed E-state index contributed by atoms with van der Waals surface area (Å²) >= 11 is 0. The number of hydrogen-bond donors (Lipinski definition) is 0. The average molecular weight is 892 g/mol. The molecular weight excluding hydrogens is 781 g/mol. The molecule has 1 atom stereocenters. The Hall–Kier alpha value is -1.59. The monoisotopic (exact) mass is 891 g/mol. The molecule has 0 radical (unpaired) electrons. The number of unbranched alkanes of at least 4 members (excludes halogenated alkanes) is 42. The first kappa shape index (κ1) is 61.4. The Bertz CT molecular complexity index is 936. The van der Waals surface area contributed by atoms with E-state index in [0.29, 0.717) is 19.3 Å². The number of hydrogen-bond acceptors (Lipinski definition) is 6. The van der Waals surface area contributed by atoms with E-state index >= 15 is 0 Å². The van der Waals surface area contributed by atoms with E-state index in [1.807, 2.05) is 0 Å². The molecule has 0 aromatic carbocycles. The van der Waals surface area contributed by atoms with Gasteiger partial charge in [-0.05, 0) is 19.3 Å². The van der Waals surface area contributed by atoms with Crippen LogP contribution in [0, 0.1) is 0 Å². The normalized spacial score (nSPS) is 11.9. The molecule has 0 aromatic rings. The van der Waals surface area contributed by atoms with Gasteiger partial charge in [0.05, 0.1) is 0 Å². The second kappa shape index (κ2) is 53.0. The van der Waals surface area contributed by atoms with Crippen molar-refractivity contribution in [1.82, 2.24) is 0 Å². The second-order valence-electron chi connectivity index (χ2n) is 19.6. The van der Waals surface area contributed by atoms with Gasteiger partial charge in [0.25, 0.3) is 0 Å². The van der Waals surface area contributed by atoms with Crippen molar-refractivity contribution in [2.24, 2.45) is 0 Å². The average Bonchev–Trinajstić information content (AvgIpc) is 3.28. The minimum absolute atomic E-state index is 0.0619. The van der Waals surface area contributed by atoms with Crippen molar-refractivity contribution in [3.63, 3.8) is 0 Å². The Morgan fingerprint density at radius 3 is 0.635 bits per heavy atom. The highest BCUT2D eigenvalue weighted by Crippen LogP contribution is 2.18. The van der Waals surface area contributed by atoms with Gasteiger partial charge in [-0.1, -0.05) is 290 Å². The molecule has 374 valence electrons. The topological polar surface area (TPSA) is 78.9 Å². The van der Waals surface area contributed by atoms with Gasteiger partial charge in [-0.2, -0.15) is 0 Å². The van der Waals surface area contributed by atoms with Crippen molar-refractivity contribution in [2.45, 2.75) is 335 Å². The molecular formula is C57H110O6. The van der Waals surface area contributed by atoms with Crippen LogP contribution < -0.4 is 0 Å². The summed E-state index contributed by atoms with van der Waals surface area (Å²) in [5, 5.41) is 0. The van der Waals surface area contributed by atoms with Gasteiger partial charge in [-0.3, -0.25) is 14.4 Å². The Morgan fingerprint density at radius 2 is 0.429 bits per heavy atom. The first-order chi connectivity index (χ1) is 31.0. The molecule has 0 aliphatic heterocycles. The molecule has 0 aromatic heterocycles. The first-order valence-electron chi connectivity index (χ1n) is 28.5. The minimum atomic E-state index is -0.759. The van der Waals surface area contributed by atoms with Crippen LogP contribution in [0.4, 0.5) is 0 Å². The molecule has 0 saturated heterocycles. The van der Waals surface area contributed by atoms with Crippen LogP contribution in [0.5, 0.6) is 0 Å². The maximum atomic E-state index is 12.7. The Morgan fingerprint density at radius 1 is 0.254 bits per heavy atom. The van der Waals surface area contributed by atoms with Gasteiger partial charge in [-0.25, -0.2) is 0 Å². The van der Waals surface area contributed by atoms with Crippen LogP contribution in [0.25, 0.3) is 0 Å². The molecule has 0 bridgehead atoms. The first-order valence-corrected chi connectivity index (χ1v) is 28.5. The molecule has 0 heterocycles. The molecule has 1 unspecified atom stereocenters. The smallest absolute Gasteiger partial charge is 0.306 e. The van der Waals surface area contributed by atoms with Crippen LogP contribution in [0.2, 0.25) is 0 Å².